The average Bonchev–Trinajstić information content (AvgIpc) is 3.58. The summed E-state index contributed by atoms with van der Waals surface area (Å²) in [7, 11) is 0. The zero-order chi connectivity index (χ0) is 27.8. The molecule has 204 valence electrons. The normalized spacial score (nSPS) is 14.9. The molecule has 10 heteroatoms. The molecule has 1 unspecified atom stereocenters. The lowest BCUT2D eigenvalue weighted by Crippen LogP contribution is -2.42. The molecule has 0 radical (unpaired) electrons. The number of carboxylic acids is 1. The lowest BCUT2D eigenvalue weighted by atomic mass is 9.84. The van der Waals surface area contributed by atoms with Crippen molar-refractivity contribution in [3.63, 3.8) is 0 Å². The summed E-state index contributed by atoms with van der Waals surface area (Å²) in [6.45, 7) is 0. The van der Waals surface area contributed by atoms with Gasteiger partial charge >= 0.3 is 5.97 Å². The number of aromatic amines is 1. The van der Waals surface area contributed by atoms with Gasteiger partial charge in [-0.2, -0.15) is 5.10 Å². The molecule has 2 aromatic carbocycles. The Balaban J connectivity index is 1.36. The Morgan fingerprint density at radius 2 is 1.88 bits per heavy atom. The quantitative estimate of drug-likeness (QED) is 0.246. The van der Waals surface area contributed by atoms with E-state index < -0.39 is 29.6 Å². The van der Waals surface area contributed by atoms with Crippen LogP contribution in [0.25, 0.3) is 27.7 Å². The van der Waals surface area contributed by atoms with Gasteiger partial charge in [0, 0.05) is 41.2 Å². The number of carboxylic acid groups (broad SMARTS) is 1. The van der Waals surface area contributed by atoms with Crippen molar-refractivity contribution in [1.29, 1.82) is 0 Å². The van der Waals surface area contributed by atoms with E-state index in [1.165, 1.54) is 12.3 Å². The number of H-pyrrole nitrogens is 1. The minimum atomic E-state index is -1.18. The van der Waals surface area contributed by atoms with Gasteiger partial charge in [0.1, 0.15) is 11.6 Å². The molecule has 1 fully saturated rings. The van der Waals surface area contributed by atoms with E-state index in [-0.39, 0.29) is 23.5 Å². The van der Waals surface area contributed by atoms with Crippen molar-refractivity contribution in [3.8, 4) is 11.1 Å². The Kier molecular flexibility index (Phi) is 6.75. The van der Waals surface area contributed by atoms with E-state index in [4.69, 9.17) is 0 Å². The Bertz CT molecular complexity index is 1740. The molecule has 6 rings (SSSR count). The van der Waals surface area contributed by atoms with Crippen molar-refractivity contribution in [2.24, 2.45) is 0 Å². The SMILES string of the molecule is O=C(NC(Cc1c[nH]c2ccccc12)C(=O)O)c1cnn2c(C3CCCCC3)c(-c3ccc(F)c(F)c3)cnc12. The summed E-state index contributed by atoms with van der Waals surface area (Å²) >= 11 is 0. The van der Waals surface area contributed by atoms with Crippen LogP contribution in [0, 0.1) is 11.6 Å². The number of fused-ring (bicyclic) bond motifs is 2. The monoisotopic (exact) mass is 543 g/mol. The molecule has 1 saturated carbocycles. The first-order valence-electron chi connectivity index (χ1n) is 13.3. The molecular formula is C30H27F2N5O3. The largest absolute Gasteiger partial charge is 0.480 e. The van der Waals surface area contributed by atoms with Gasteiger partial charge in [-0.1, -0.05) is 43.5 Å². The van der Waals surface area contributed by atoms with Gasteiger partial charge in [0.15, 0.2) is 17.3 Å². The standard InChI is InChI=1S/C30H27F2N5O3/c31-23-11-10-18(12-24(23)32)21-15-34-28-22(16-35-37(28)27(21)17-6-2-1-3-7-17)29(38)36-26(30(39)40)13-19-14-33-25-9-5-4-8-20(19)25/h4-5,8-12,14-17,26,33H,1-3,6-7,13H2,(H,36,38)(H,39,40). The van der Waals surface area contributed by atoms with E-state index in [9.17, 15) is 23.5 Å². The van der Waals surface area contributed by atoms with E-state index in [1.807, 2.05) is 24.3 Å². The molecule has 0 bridgehead atoms. The van der Waals surface area contributed by atoms with Gasteiger partial charge < -0.3 is 15.4 Å². The zero-order valence-electron chi connectivity index (χ0n) is 21.5. The number of aliphatic carboxylic acids is 1. The lowest BCUT2D eigenvalue weighted by Gasteiger charge is -2.25. The summed E-state index contributed by atoms with van der Waals surface area (Å²) in [5.41, 5.74) is 3.95. The van der Waals surface area contributed by atoms with Crippen LogP contribution in [0.15, 0.2) is 61.1 Å². The summed E-state index contributed by atoms with van der Waals surface area (Å²) in [5.74, 6) is -3.57. The van der Waals surface area contributed by atoms with Crippen molar-refractivity contribution in [1.82, 2.24) is 24.9 Å². The summed E-state index contributed by atoms with van der Waals surface area (Å²) in [4.78, 5) is 33.1. The number of para-hydroxylation sites is 1. The molecule has 1 aliphatic rings. The number of nitrogens with one attached hydrogen (secondary N) is 2. The first-order valence-corrected chi connectivity index (χ1v) is 13.3. The van der Waals surface area contributed by atoms with Gasteiger partial charge in [0.2, 0.25) is 0 Å². The van der Waals surface area contributed by atoms with E-state index in [0.29, 0.717) is 11.1 Å². The maximum absolute atomic E-state index is 14.2. The van der Waals surface area contributed by atoms with Crippen LogP contribution in [0.4, 0.5) is 8.78 Å². The van der Waals surface area contributed by atoms with Crippen molar-refractivity contribution in [2.45, 2.75) is 50.5 Å². The van der Waals surface area contributed by atoms with Gasteiger partial charge in [-0.25, -0.2) is 23.1 Å². The highest BCUT2D eigenvalue weighted by atomic mass is 19.2. The van der Waals surface area contributed by atoms with E-state index >= 15 is 0 Å². The number of amides is 1. The molecule has 8 nitrogen and oxygen atoms in total. The third-order valence-electron chi connectivity index (χ3n) is 7.73. The summed E-state index contributed by atoms with van der Waals surface area (Å²) in [6.07, 6.45) is 9.72. The Morgan fingerprint density at radius 1 is 1.07 bits per heavy atom. The third kappa shape index (κ3) is 4.70. The number of hydrogen-bond acceptors (Lipinski definition) is 4. The van der Waals surface area contributed by atoms with Gasteiger partial charge in [-0.3, -0.25) is 4.79 Å². The molecule has 40 heavy (non-hydrogen) atoms. The van der Waals surface area contributed by atoms with Crippen molar-refractivity contribution in [2.75, 3.05) is 0 Å². The second-order valence-corrected chi connectivity index (χ2v) is 10.2. The summed E-state index contributed by atoms with van der Waals surface area (Å²) < 4.78 is 29.4. The number of hydrogen-bond donors (Lipinski definition) is 3. The number of halogens is 2. The summed E-state index contributed by atoms with van der Waals surface area (Å²) in [5, 5.41) is 17.9. The predicted molar refractivity (Wildman–Crippen MR) is 145 cm³/mol. The van der Waals surface area contributed by atoms with Crippen molar-refractivity contribution >= 4 is 28.4 Å². The highest BCUT2D eigenvalue weighted by Gasteiger charge is 2.28. The maximum Gasteiger partial charge on any atom is 0.326 e. The highest BCUT2D eigenvalue weighted by Crippen LogP contribution is 2.38. The number of carbonyl (C=O) groups excluding carboxylic acids is 1. The number of carbonyl (C=O) groups is 2. The Hall–Kier alpha value is -4.60. The second-order valence-electron chi connectivity index (χ2n) is 10.2. The number of aromatic nitrogens is 4. The molecule has 5 aromatic rings. The molecule has 1 aliphatic carbocycles. The van der Waals surface area contributed by atoms with Crippen LogP contribution in [-0.4, -0.2) is 42.6 Å². The molecule has 1 atom stereocenters. The zero-order valence-corrected chi connectivity index (χ0v) is 21.5. The van der Waals surface area contributed by atoms with Crippen LogP contribution in [0.1, 0.15) is 59.6 Å². The first kappa shape index (κ1) is 25.7. The summed E-state index contributed by atoms with van der Waals surface area (Å²) in [6, 6.07) is 10.1. The molecule has 3 N–H and O–H groups in total. The molecule has 3 heterocycles. The van der Waals surface area contributed by atoms with Gasteiger partial charge in [-0.05, 0) is 42.2 Å². The van der Waals surface area contributed by atoms with Gasteiger partial charge in [0.25, 0.3) is 5.91 Å². The van der Waals surface area contributed by atoms with E-state index in [0.717, 1.165) is 66.4 Å². The minimum Gasteiger partial charge on any atom is -0.480 e. The van der Waals surface area contributed by atoms with E-state index in [1.54, 1.807) is 16.9 Å². The molecule has 3 aromatic heterocycles. The first-order chi connectivity index (χ1) is 19.4. The topological polar surface area (TPSA) is 112 Å². The van der Waals surface area contributed by atoms with Crippen LogP contribution in [-0.2, 0) is 11.2 Å². The highest BCUT2D eigenvalue weighted by molar-refractivity contribution is 6.01. The van der Waals surface area contributed by atoms with Crippen LogP contribution >= 0.6 is 0 Å². The lowest BCUT2D eigenvalue weighted by molar-refractivity contribution is -0.139. The molecule has 0 spiro atoms. The fourth-order valence-electron chi connectivity index (χ4n) is 5.72. The van der Waals surface area contributed by atoms with E-state index in [2.05, 4.69) is 20.4 Å². The van der Waals surface area contributed by atoms with Crippen LogP contribution in [0.2, 0.25) is 0 Å². The maximum atomic E-state index is 14.2. The average molecular weight is 544 g/mol. The molecule has 1 amide bonds. The van der Waals surface area contributed by atoms with Crippen LogP contribution in [0.5, 0.6) is 0 Å². The van der Waals surface area contributed by atoms with Crippen LogP contribution < -0.4 is 5.32 Å². The number of rotatable bonds is 7. The third-order valence-corrected chi connectivity index (χ3v) is 7.73. The van der Waals surface area contributed by atoms with Gasteiger partial charge in [-0.15, -0.1) is 0 Å². The minimum absolute atomic E-state index is 0.0886. The van der Waals surface area contributed by atoms with Crippen LogP contribution in [0.3, 0.4) is 0 Å². The van der Waals surface area contributed by atoms with Crippen molar-refractivity contribution in [3.05, 3.63) is 89.5 Å². The smallest absolute Gasteiger partial charge is 0.326 e. The fraction of sp³-hybridized carbons (Fsp3) is 0.267. The Morgan fingerprint density at radius 3 is 2.65 bits per heavy atom. The fourth-order valence-corrected chi connectivity index (χ4v) is 5.72. The Labute approximate surface area is 228 Å². The van der Waals surface area contributed by atoms with Crippen molar-refractivity contribution < 1.29 is 23.5 Å². The number of nitrogens with zero attached hydrogens (tertiary/aromatic N) is 3. The number of benzene rings is 2. The predicted octanol–water partition coefficient (Wildman–Crippen LogP) is 5.63. The molecule has 0 aliphatic heterocycles. The molecular weight excluding hydrogens is 516 g/mol. The molecule has 0 saturated heterocycles. The van der Waals surface area contributed by atoms with Gasteiger partial charge in [0.05, 0.1) is 11.9 Å². The second kappa shape index (κ2) is 10.5.